The van der Waals surface area contributed by atoms with E-state index in [0.29, 0.717) is 13.1 Å². The molecule has 0 radical (unpaired) electrons. The Kier molecular flexibility index (Phi) is 3.71. The molecule has 98 valence electrons. The number of carbonyl (C=O) groups is 1. The molecule has 1 N–H and O–H groups in total. The van der Waals surface area contributed by atoms with Gasteiger partial charge in [-0.3, -0.25) is 4.79 Å². The second-order valence-corrected chi connectivity index (χ2v) is 4.46. The molecule has 1 aromatic carbocycles. The number of benzene rings is 1. The van der Waals surface area contributed by atoms with Gasteiger partial charge in [-0.05, 0) is 11.1 Å². The van der Waals surface area contributed by atoms with Crippen molar-refractivity contribution in [3.05, 3.63) is 35.4 Å². The van der Waals surface area contributed by atoms with Gasteiger partial charge in [0.15, 0.2) is 0 Å². The average Bonchev–Trinajstić information content (AvgIpc) is 2.34. The van der Waals surface area contributed by atoms with E-state index < -0.39 is 24.9 Å². The molecule has 0 saturated heterocycles. The van der Waals surface area contributed by atoms with Crippen LogP contribution in [0.3, 0.4) is 0 Å². The highest BCUT2D eigenvalue weighted by Gasteiger charge is 2.31. The Morgan fingerprint density at radius 2 is 2.06 bits per heavy atom. The van der Waals surface area contributed by atoms with E-state index in [1.165, 1.54) is 0 Å². The zero-order valence-corrected chi connectivity index (χ0v) is 9.76. The molecular weight excluding hydrogens is 243 g/mol. The van der Waals surface area contributed by atoms with Crippen LogP contribution in [0, 0.1) is 0 Å². The third-order valence-electron chi connectivity index (χ3n) is 3.14. The maximum Gasteiger partial charge on any atom is 0.389 e. The number of hydrogen-bond donors (Lipinski definition) is 1. The summed E-state index contributed by atoms with van der Waals surface area (Å²) in [5, 5.41) is 3.07. The zero-order valence-electron chi connectivity index (χ0n) is 9.76. The Bertz CT molecular complexity index is 442. The van der Waals surface area contributed by atoms with E-state index in [2.05, 4.69) is 5.32 Å². The van der Waals surface area contributed by atoms with Crippen LogP contribution in [-0.4, -0.2) is 18.5 Å². The van der Waals surface area contributed by atoms with E-state index in [1.807, 2.05) is 24.3 Å². The van der Waals surface area contributed by atoms with Crippen molar-refractivity contribution in [3.8, 4) is 0 Å². The highest BCUT2D eigenvalue weighted by Crippen LogP contribution is 2.28. The average molecular weight is 257 g/mol. The van der Waals surface area contributed by atoms with Crippen molar-refractivity contribution in [3.63, 3.8) is 0 Å². The van der Waals surface area contributed by atoms with Gasteiger partial charge >= 0.3 is 6.18 Å². The lowest BCUT2D eigenvalue weighted by Gasteiger charge is -2.25. The molecule has 2 nitrogen and oxygen atoms in total. The molecule has 1 aliphatic heterocycles. The lowest BCUT2D eigenvalue weighted by Crippen LogP contribution is -2.33. The second-order valence-electron chi connectivity index (χ2n) is 4.46. The minimum atomic E-state index is -4.27. The first-order valence-electron chi connectivity index (χ1n) is 5.85. The molecule has 1 heterocycles. The molecule has 1 unspecified atom stereocenters. The molecule has 0 aromatic heterocycles. The minimum Gasteiger partial charge on any atom is -0.312 e. The summed E-state index contributed by atoms with van der Waals surface area (Å²) in [6.45, 7) is 1.09. The van der Waals surface area contributed by atoms with E-state index in [0.717, 1.165) is 11.1 Å². The van der Waals surface area contributed by atoms with Crippen molar-refractivity contribution >= 4 is 5.78 Å². The molecule has 0 amide bonds. The van der Waals surface area contributed by atoms with Crippen LogP contribution in [-0.2, 0) is 11.3 Å². The fourth-order valence-electron chi connectivity index (χ4n) is 2.22. The molecule has 0 bridgehead atoms. The molecular formula is C13H14F3NO. The minimum absolute atomic E-state index is 0.341. The van der Waals surface area contributed by atoms with Gasteiger partial charge in [0.25, 0.3) is 0 Å². The standard InChI is InChI=1S/C13H14F3NO/c14-13(15,16)6-5-12(18)11-8-17-7-9-3-1-2-4-10(9)11/h1-4,11,17H,5-8H2. The third-order valence-corrected chi connectivity index (χ3v) is 3.14. The maximum absolute atomic E-state index is 12.1. The van der Waals surface area contributed by atoms with Gasteiger partial charge in [0.1, 0.15) is 5.78 Å². The number of fused-ring (bicyclic) bond motifs is 1. The van der Waals surface area contributed by atoms with Crippen LogP contribution in [0.1, 0.15) is 29.9 Å². The third kappa shape index (κ3) is 3.10. The summed E-state index contributed by atoms with van der Waals surface area (Å²) in [6, 6.07) is 7.40. The molecule has 5 heteroatoms. The van der Waals surface area contributed by atoms with Gasteiger partial charge < -0.3 is 5.32 Å². The maximum atomic E-state index is 12.1. The van der Waals surface area contributed by atoms with Gasteiger partial charge in [-0.15, -0.1) is 0 Å². The van der Waals surface area contributed by atoms with Crippen molar-refractivity contribution in [1.29, 1.82) is 0 Å². The van der Waals surface area contributed by atoms with Gasteiger partial charge in [0, 0.05) is 19.5 Å². The summed E-state index contributed by atoms with van der Waals surface area (Å²) < 4.78 is 36.3. The lowest BCUT2D eigenvalue weighted by atomic mass is 9.86. The summed E-state index contributed by atoms with van der Waals surface area (Å²) in [7, 11) is 0. The molecule has 0 aliphatic carbocycles. The van der Waals surface area contributed by atoms with Crippen LogP contribution in [0.5, 0.6) is 0 Å². The predicted octanol–water partition coefficient (Wildman–Crippen LogP) is 2.79. The molecule has 1 atom stereocenters. The van der Waals surface area contributed by atoms with Crippen LogP contribution >= 0.6 is 0 Å². The molecule has 1 aliphatic rings. The summed E-state index contributed by atoms with van der Waals surface area (Å²) in [6.07, 6.45) is -5.74. The SMILES string of the molecule is O=C(CCC(F)(F)F)C1CNCc2ccccc21. The van der Waals surface area contributed by atoms with Gasteiger partial charge in [-0.25, -0.2) is 0 Å². The predicted molar refractivity (Wildman–Crippen MR) is 61.2 cm³/mol. The van der Waals surface area contributed by atoms with Crippen molar-refractivity contribution < 1.29 is 18.0 Å². The fraction of sp³-hybridized carbons (Fsp3) is 0.462. The summed E-state index contributed by atoms with van der Waals surface area (Å²) in [5.74, 6) is -0.788. The van der Waals surface area contributed by atoms with Crippen molar-refractivity contribution in [2.24, 2.45) is 0 Å². The number of hydrogen-bond acceptors (Lipinski definition) is 2. The Labute approximate surface area is 103 Å². The number of rotatable bonds is 3. The van der Waals surface area contributed by atoms with Crippen LogP contribution in [0.15, 0.2) is 24.3 Å². The van der Waals surface area contributed by atoms with E-state index in [-0.39, 0.29) is 5.78 Å². The van der Waals surface area contributed by atoms with E-state index in [4.69, 9.17) is 0 Å². The van der Waals surface area contributed by atoms with E-state index >= 15 is 0 Å². The van der Waals surface area contributed by atoms with E-state index in [1.54, 1.807) is 0 Å². The quantitative estimate of drug-likeness (QED) is 0.902. The molecule has 2 rings (SSSR count). The molecule has 1 aromatic rings. The number of Topliss-reactive ketones (excluding diaryl/α,β-unsaturated/α-hetero) is 1. The highest BCUT2D eigenvalue weighted by atomic mass is 19.4. The Hall–Kier alpha value is -1.36. The topological polar surface area (TPSA) is 29.1 Å². The van der Waals surface area contributed by atoms with Crippen LogP contribution in [0.2, 0.25) is 0 Å². The van der Waals surface area contributed by atoms with Crippen molar-refractivity contribution in [2.45, 2.75) is 31.5 Å². The number of alkyl halides is 3. The molecule has 18 heavy (non-hydrogen) atoms. The number of nitrogens with one attached hydrogen (secondary N) is 1. The zero-order chi connectivity index (χ0) is 13.2. The monoisotopic (exact) mass is 257 g/mol. The Balaban J connectivity index is 2.08. The van der Waals surface area contributed by atoms with Crippen molar-refractivity contribution in [1.82, 2.24) is 5.32 Å². The fourth-order valence-corrected chi connectivity index (χ4v) is 2.22. The van der Waals surface area contributed by atoms with Crippen LogP contribution in [0.25, 0.3) is 0 Å². The van der Waals surface area contributed by atoms with Gasteiger partial charge in [0.05, 0.1) is 12.3 Å². The smallest absolute Gasteiger partial charge is 0.312 e. The molecule has 0 spiro atoms. The number of halogens is 3. The van der Waals surface area contributed by atoms with Gasteiger partial charge in [0.2, 0.25) is 0 Å². The normalized spacial score (nSPS) is 19.4. The first-order valence-corrected chi connectivity index (χ1v) is 5.85. The highest BCUT2D eigenvalue weighted by molar-refractivity contribution is 5.86. The molecule has 0 fully saturated rings. The molecule has 0 saturated carbocycles. The van der Waals surface area contributed by atoms with E-state index in [9.17, 15) is 18.0 Å². The number of ketones is 1. The van der Waals surface area contributed by atoms with Crippen LogP contribution in [0.4, 0.5) is 13.2 Å². The van der Waals surface area contributed by atoms with Crippen molar-refractivity contribution in [2.75, 3.05) is 6.54 Å². The van der Waals surface area contributed by atoms with Gasteiger partial charge in [-0.1, -0.05) is 24.3 Å². The first-order chi connectivity index (χ1) is 8.47. The number of carbonyl (C=O) groups excluding carboxylic acids is 1. The Morgan fingerprint density at radius 3 is 2.78 bits per heavy atom. The summed E-state index contributed by atoms with van der Waals surface area (Å²) in [4.78, 5) is 11.9. The lowest BCUT2D eigenvalue weighted by molar-refractivity contribution is -0.143. The summed E-state index contributed by atoms with van der Waals surface area (Å²) >= 11 is 0. The Morgan fingerprint density at radius 1 is 1.33 bits per heavy atom. The summed E-state index contributed by atoms with van der Waals surface area (Å²) in [5.41, 5.74) is 1.86. The second kappa shape index (κ2) is 5.10. The first kappa shape index (κ1) is 13.1. The largest absolute Gasteiger partial charge is 0.389 e. The van der Waals surface area contributed by atoms with Gasteiger partial charge in [-0.2, -0.15) is 13.2 Å². The van der Waals surface area contributed by atoms with Crippen LogP contribution < -0.4 is 5.32 Å².